The Morgan fingerprint density at radius 1 is 1.09 bits per heavy atom. The van der Waals surface area contributed by atoms with Gasteiger partial charge in [0.05, 0.1) is 6.54 Å². The van der Waals surface area contributed by atoms with Crippen molar-refractivity contribution in [3.05, 3.63) is 65.7 Å². The van der Waals surface area contributed by atoms with Crippen molar-refractivity contribution in [3.63, 3.8) is 0 Å². The van der Waals surface area contributed by atoms with E-state index in [2.05, 4.69) is 68.8 Å². The van der Waals surface area contributed by atoms with Gasteiger partial charge in [0.15, 0.2) is 5.82 Å². The fraction of sp³-hybridized carbons (Fsp3) is 0.360. The lowest BCUT2D eigenvalue weighted by Gasteiger charge is -2.11. The summed E-state index contributed by atoms with van der Waals surface area (Å²) in [6, 6.07) is 16.2. The third-order valence-corrected chi connectivity index (χ3v) is 6.07. The summed E-state index contributed by atoms with van der Waals surface area (Å²) in [5.41, 5.74) is 4.02. The van der Waals surface area contributed by atoms with Gasteiger partial charge in [0.25, 0.3) is 0 Å². The minimum absolute atomic E-state index is 0.179. The number of H-pyrrole nitrogens is 1. The molecule has 0 aliphatic rings. The zero-order valence-corrected chi connectivity index (χ0v) is 19.6. The van der Waals surface area contributed by atoms with E-state index in [0.717, 1.165) is 40.9 Å². The standard InChI is InChI=1S/C25H29N7O2/c1-4-8-21(25(33)34)22-26-24(16(3)5-2)32(29-22)15-17-11-13-18(14-12-17)19-9-6-7-10-20(19)23-27-30-31-28-23/h6-7,9-14,16,21H,4-5,8,15H2,1-3H3,(H,33,34)(H,27,28,30,31). The lowest BCUT2D eigenvalue weighted by molar-refractivity contribution is -0.139. The number of aromatic nitrogens is 7. The third kappa shape index (κ3) is 4.88. The zero-order valence-electron chi connectivity index (χ0n) is 19.6. The highest BCUT2D eigenvalue weighted by Crippen LogP contribution is 2.30. The number of nitrogens with one attached hydrogen (secondary N) is 1. The number of carboxylic acid groups (broad SMARTS) is 1. The first-order valence-corrected chi connectivity index (χ1v) is 11.6. The number of rotatable bonds is 10. The van der Waals surface area contributed by atoms with Crippen LogP contribution in [0, 0.1) is 0 Å². The topological polar surface area (TPSA) is 122 Å². The Balaban J connectivity index is 1.62. The molecular formula is C25H29N7O2. The highest BCUT2D eigenvalue weighted by Gasteiger charge is 2.26. The van der Waals surface area contributed by atoms with Gasteiger partial charge in [-0.15, -0.1) is 10.2 Å². The Labute approximate surface area is 198 Å². The molecule has 2 unspecified atom stereocenters. The van der Waals surface area contributed by atoms with Crippen LogP contribution in [0.15, 0.2) is 48.5 Å². The summed E-state index contributed by atoms with van der Waals surface area (Å²) in [7, 11) is 0. The number of benzene rings is 2. The molecule has 9 heteroatoms. The average molecular weight is 460 g/mol. The molecule has 0 bridgehead atoms. The van der Waals surface area contributed by atoms with Crippen molar-refractivity contribution in [1.82, 2.24) is 35.4 Å². The number of hydrogen-bond donors (Lipinski definition) is 2. The highest BCUT2D eigenvalue weighted by atomic mass is 16.4. The van der Waals surface area contributed by atoms with E-state index in [-0.39, 0.29) is 5.92 Å². The quantitative estimate of drug-likeness (QED) is 0.354. The molecule has 0 amide bonds. The van der Waals surface area contributed by atoms with Crippen LogP contribution in [0.25, 0.3) is 22.5 Å². The number of tetrazole rings is 1. The first kappa shape index (κ1) is 23.3. The summed E-state index contributed by atoms with van der Waals surface area (Å²) in [5.74, 6) is 0.394. The van der Waals surface area contributed by atoms with Crippen molar-refractivity contribution in [2.75, 3.05) is 0 Å². The number of nitrogens with zero attached hydrogens (tertiary/aromatic N) is 6. The number of aliphatic carboxylic acids is 1. The van der Waals surface area contributed by atoms with Crippen LogP contribution in [0.3, 0.4) is 0 Å². The molecule has 34 heavy (non-hydrogen) atoms. The normalized spacial score (nSPS) is 13.0. The maximum Gasteiger partial charge on any atom is 0.314 e. The van der Waals surface area contributed by atoms with Crippen molar-refractivity contribution in [1.29, 1.82) is 0 Å². The number of carboxylic acids is 1. The van der Waals surface area contributed by atoms with Crippen molar-refractivity contribution in [3.8, 4) is 22.5 Å². The molecule has 9 nitrogen and oxygen atoms in total. The van der Waals surface area contributed by atoms with E-state index in [4.69, 9.17) is 0 Å². The SMILES string of the molecule is CCCC(C(=O)O)c1nc(C(C)CC)n(Cc2ccc(-c3ccccc3-c3nn[nH]n3)cc2)n1. The maximum absolute atomic E-state index is 11.8. The van der Waals surface area contributed by atoms with Gasteiger partial charge < -0.3 is 5.11 Å². The van der Waals surface area contributed by atoms with Gasteiger partial charge in [0, 0.05) is 11.5 Å². The van der Waals surface area contributed by atoms with Crippen LogP contribution in [0.2, 0.25) is 0 Å². The van der Waals surface area contributed by atoms with Gasteiger partial charge in [-0.25, -0.2) is 9.67 Å². The van der Waals surface area contributed by atoms with E-state index < -0.39 is 11.9 Å². The number of hydrogen-bond acceptors (Lipinski definition) is 6. The fourth-order valence-corrected chi connectivity index (χ4v) is 4.00. The van der Waals surface area contributed by atoms with Crippen LogP contribution < -0.4 is 0 Å². The van der Waals surface area contributed by atoms with E-state index in [1.54, 1.807) is 0 Å². The monoisotopic (exact) mass is 459 g/mol. The van der Waals surface area contributed by atoms with Gasteiger partial charge in [-0.2, -0.15) is 10.3 Å². The van der Waals surface area contributed by atoms with E-state index in [0.29, 0.717) is 24.6 Å². The summed E-state index contributed by atoms with van der Waals surface area (Å²) in [5, 5.41) is 28.7. The molecule has 0 aliphatic heterocycles. The molecule has 0 aliphatic carbocycles. The molecule has 0 saturated heterocycles. The molecule has 2 N–H and O–H groups in total. The lowest BCUT2D eigenvalue weighted by Crippen LogP contribution is -2.13. The predicted molar refractivity (Wildman–Crippen MR) is 128 cm³/mol. The van der Waals surface area contributed by atoms with Crippen LogP contribution in [-0.2, 0) is 11.3 Å². The molecule has 0 fully saturated rings. The molecule has 4 rings (SSSR count). The second-order valence-corrected chi connectivity index (χ2v) is 8.45. The first-order valence-electron chi connectivity index (χ1n) is 11.6. The van der Waals surface area contributed by atoms with Gasteiger partial charge in [-0.05, 0) is 34.7 Å². The predicted octanol–water partition coefficient (Wildman–Crippen LogP) is 4.66. The number of aromatic amines is 1. The van der Waals surface area contributed by atoms with Gasteiger partial charge >= 0.3 is 5.97 Å². The summed E-state index contributed by atoms with van der Waals surface area (Å²) < 4.78 is 1.86. The second kappa shape index (κ2) is 10.4. The Bertz CT molecular complexity index is 1230. The first-order chi connectivity index (χ1) is 16.5. The second-order valence-electron chi connectivity index (χ2n) is 8.45. The highest BCUT2D eigenvalue weighted by molar-refractivity contribution is 5.80. The molecule has 2 atom stereocenters. The van der Waals surface area contributed by atoms with E-state index in [1.807, 2.05) is 35.9 Å². The van der Waals surface area contributed by atoms with Crippen molar-refractivity contribution in [2.24, 2.45) is 0 Å². The van der Waals surface area contributed by atoms with Gasteiger partial charge in [-0.3, -0.25) is 4.79 Å². The van der Waals surface area contributed by atoms with Crippen LogP contribution in [-0.4, -0.2) is 46.5 Å². The van der Waals surface area contributed by atoms with Gasteiger partial charge in [0.2, 0.25) is 5.82 Å². The number of carbonyl (C=O) groups is 1. The van der Waals surface area contributed by atoms with E-state index in [9.17, 15) is 9.90 Å². The van der Waals surface area contributed by atoms with Crippen LogP contribution >= 0.6 is 0 Å². The van der Waals surface area contributed by atoms with Gasteiger partial charge in [-0.1, -0.05) is 75.7 Å². The molecule has 0 spiro atoms. The molecular weight excluding hydrogens is 430 g/mol. The van der Waals surface area contributed by atoms with Crippen LogP contribution in [0.5, 0.6) is 0 Å². The van der Waals surface area contributed by atoms with Crippen LogP contribution in [0.1, 0.15) is 69.1 Å². The maximum atomic E-state index is 11.8. The summed E-state index contributed by atoms with van der Waals surface area (Å²) in [6.07, 6.45) is 2.18. The fourth-order valence-electron chi connectivity index (χ4n) is 4.00. The molecule has 0 saturated carbocycles. The molecule has 2 aromatic carbocycles. The largest absolute Gasteiger partial charge is 0.481 e. The molecule has 4 aromatic rings. The Hall–Kier alpha value is -3.88. The Morgan fingerprint density at radius 3 is 2.44 bits per heavy atom. The summed E-state index contributed by atoms with van der Waals surface area (Å²) in [6.45, 7) is 6.69. The minimum atomic E-state index is -0.876. The Kier molecular flexibility index (Phi) is 7.10. The minimum Gasteiger partial charge on any atom is -0.481 e. The van der Waals surface area contributed by atoms with E-state index in [1.165, 1.54) is 0 Å². The smallest absolute Gasteiger partial charge is 0.314 e. The Morgan fingerprint density at radius 2 is 1.82 bits per heavy atom. The lowest BCUT2D eigenvalue weighted by atomic mass is 9.98. The van der Waals surface area contributed by atoms with Crippen molar-refractivity contribution >= 4 is 5.97 Å². The molecule has 2 heterocycles. The summed E-state index contributed by atoms with van der Waals surface area (Å²) in [4.78, 5) is 16.5. The van der Waals surface area contributed by atoms with E-state index >= 15 is 0 Å². The molecule has 0 radical (unpaired) electrons. The summed E-state index contributed by atoms with van der Waals surface area (Å²) >= 11 is 0. The average Bonchev–Trinajstić information content (AvgIpc) is 3.53. The zero-order chi connectivity index (χ0) is 24.1. The van der Waals surface area contributed by atoms with Crippen molar-refractivity contribution < 1.29 is 9.90 Å². The van der Waals surface area contributed by atoms with Gasteiger partial charge in [0.1, 0.15) is 11.7 Å². The molecule has 176 valence electrons. The van der Waals surface area contributed by atoms with Crippen LogP contribution in [0.4, 0.5) is 0 Å². The molecule has 2 aromatic heterocycles. The third-order valence-electron chi connectivity index (χ3n) is 6.07. The van der Waals surface area contributed by atoms with Crippen molar-refractivity contribution in [2.45, 2.75) is 58.4 Å².